The third-order valence-corrected chi connectivity index (χ3v) is 5.42. The van der Waals surface area contributed by atoms with Gasteiger partial charge in [-0.15, -0.1) is 11.5 Å². The predicted octanol–water partition coefficient (Wildman–Crippen LogP) is 0.157. The lowest BCUT2D eigenvalue weighted by molar-refractivity contribution is -0.278. The molecule has 0 radical (unpaired) electrons. The van der Waals surface area contributed by atoms with Crippen molar-refractivity contribution < 1.29 is 29.9 Å². The van der Waals surface area contributed by atoms with Gasteiger partial charge in [-0.05, 0) is 24.5 Å². The largest absolute Gasteiger partial charge is 0.443 e. The molecule has 162 valence electrons. The molecule has 8 heteroatoms. The number of ether oxygens (including phenoxy) is 2. The first-order valence-corrected chi connectivity index (χ1v) is 9.94. The Morgan fingerprint density at radius 1 is 1.13 bits per heavy atom. The van der Waals surface area contributed by atoms with Crippen molar-refractivity contribution in [3.63, 3.8) is 0 Å². The molecule has 1 aromatic heterocycles. The average molecular weight is 416 g/mol. The lowest BCUT2D eigenvalue weighted by Crippen LogP contribution is -2.60. The van der Waals surface area contributed by atoms with Gasteiger partial charge in [-0.2, -0.15) is 0 Å². The van der Waals surface area contributed by atoms with Gasteiger partial charge in [-0.25, -0.2) is 0 Å². The molecule has 1 aromatic carbocycles. The van der Waals surface area contributed by atoms with Gasteiger partial charge in [0, 0.05) is 17.7 Å². The maximum atomic E-state index is 10.3. The molecule has 1 saturated heterocycles. The second kappa shape index (κ2) is 9.60. The van der Waals surface area contributed by atoms with Crippen LogP contribution in [0.25, 0.3) is 0 Å². The van der Waals surface area contributed by atoms with Gasteiger partial charge in [-0.3, -0.25) is 4.68 Å². The highest BCUT2D eigenvalue weighted by molar-refractivity contribution is 5.37. The number of aryl methyl sites for hydroxylation is 1. The molecule has 0 bridgehead atoms. The first-order valence-electron chi connectivity index (χ1n) is 9.94. The molecule has 3 rings (SSSR count). The standard InChI is InChI=1S/C22H28N2O6/c1-4-10-24-13(3)16(11-15-8-6-14(5-2)7-9-15)21(23-24)30-22-20(28)19(27)18(26)17(12-25)29-22/h1,6-9,17-20,22,25-28H,5,10-12H2,2-3H3/t17-,18-,19+,20-,22+/m1/s1. The molecule has 0 aliphatic carbocycles. The van der Waals surface area contributed by atoms with Gasteiger partial charge in [0.2, 0.25) is 12.2 Å². The van der Waals surface area contributed by atoms with Crippen LogP contribution >= 0.6 is 0 Å². The van der Waals surface area contributed by atoms with E-state index in [2.05, 4.69) is 30.1 Å². The van der Waals surface area contributed by atoms with E-state index < -0.39 is 37.3 Å². The highest BCUT2D eigenvalue weighted by atomic mass is 16.7. The summed E-state index contributed by atoms with van der Waals surface area (Å²) < 4.78 is 12.9. The molecule has 2 heterocycles. The molecule has 0 saturated carbocycles. The quantitative estimate of drug-likeness (QED) is 0.475. The molecule has 4 N–H and O–H groups in total. The van der Waals surface area contributed by atoms with E-state index in [0.29, 0.717) is 6.42 Å². The third kappa shape index (κ3) is 4.51. The summed E-state index contributed by atoms with van der Waals surface area (Å²) in [5.41, 5.74) is 3.86. The van der Waals surface area contributed by atoms with E-state index in [4.69, 9.17) is 15.9 Å². The zero-order valence-electron chi connectivity index (χ0n) is 17.1. The normalized spacial score (nSPS) is 26.4. The van der Waals surface area contributed by atoms with Crippen LogP contribution in [0.4, 0.5) is 0 Å². The monoisotopic (exact) mass is 416 g/mol. The lowest BCUT2D eigenvalue weighted by atomic mass is 9.99. The summed E-state index contributed by atoms with van der Waals surface area (Å²) in [7, 11) is 0. The highest BCUT2D eigenvalue weighted by Gasteiger charge is 2.45. The molecule has 5 atom stereocenters. The van der Waals surface area contributed by atoms with Crippen molar-refractivity contribution in [2.45, 2.75) is 63.9 Å². The summed E-state index contributed by atoms with van der Waals surface area (Å²) in [5.74, 6) is 2.76. The second-order valence-corrected chi connectivity index (χ2v) is 7.39. The van der Waals surface area contributed by atoms with Crippen LogP contribution < -0.4 is 4.74 Å². The zero-order chi connectivity index (χ0) is 21.8. The summed E-state index contributed by atoms with van der Waals surface area (Å²) in [5, 5.41) is 44.1. The predicted molar refractivity (Wildman–Crippen MR) is 109 cm³/mol. The van der Waals surface area contributed by atoms with E-state index >= 15 is 0 Å². The molecule has 8 nitrogen and oxygen atoms in total. The van der Waals surface area contributed by atoms with E-state index in [0.717, 1.165) is 23.2 Å². The fraction of sp³-hybridized carbons (Fsp3) is 0.500. The van der Waals surface area contributed by atoms with Crippen LogP contribution in [0.3, 0.4) is 0 Å². The molecular weight excluding hydrogens is 388 g/mol. The van der Waals surface area contributed by atoms with Crippen molar-refractivity contribution in [3.05, 3.63) is 46.6 Å². The number of benzene rings is 1. The van der Waals surface area contributed by atoms with Crippen molar-refractivity contribution in [2.75, 3.05) is 6.61 Å². The number of terminal acetylenes is 1. The smallest absolute Gasteiger partial charge is 0.239 e. The summed E-state index contributed by atoms with van der Waals surface area (Å²) in [6.07, 6.45) is 0.0417. The molecule has 0 spiro atoms. The Bertz CT molecular complexity index is 886. The summed E-state index contributed by atoms with van der Waals surface area (Å²) >= 11 is 0. The topological polar surface area (TPSA) is 117 Å². The molecule has 1 aliphatic rings. The van der Waals surface area contributed by atoms with Crippen LogP contribution in [-0.4, -0.2) is 67.5 Å². The van der Waals surface area contributed by atoms with Crippen molar-refractivity contribution in [1.82, 2.24) is 9.78 Å². The molecule has 0 amide bonds. The number of aliphatic hydroxyl groups is 4. The van der Waals surface area contributed by atoms with Gasteiger partial charge in [0.05, 0.1) is 6.61 Å². The Morgan fingerprint density at radius 3 is 2.40 bits per heavy atom. The number of rotatable bonds is 7. The number of hydrogen-bond acceptors (Lipinski definition) is 7. The van der Waals surface area contributed by atoms with E-state index in [1.54, 1.807) is 4.68 Å². The van der Waals surface area contributed by atoms with Crippen molar-refractivity contribution in [2.24, 2.45) is 0 Å². The molecule has 1 fully saturated rings. The first kappa shape index (κ1) is 22.3. The molecule has 2 aromatic rings. The van der Waals surface area contributed by atoms with Gasteiger partial charge in [0.1, 0.15) is 31.0 Å². The molecule has 1 aliphatic heterocycles. The second-order valence-electron chi connectivity index (χ2n) is 7.39. The number of nitrogens with zero attached hydrogens (tertiary/aromatic N) is 2. The maximum Gasteiger partial charge on any atom is 0.239 e. The minimum absolute atomic E-state index is 0.214. The molecular formula is C22H28N2O6. The molecule has 30 heavy (non-hydrogen) atoms. The van der Waals surface area contributed by atoms with Gasteiger partial charge < -0.3 is 29.9 Å². The van der Waals surface area contributed by atoms with Crippen LogP contribution in [-0.2, 0) is 24.1 Å². The average Bonchev–Trinajstić information content (AvgIpc) is 3.03. The zero-order valence-corrected chi connectivity index (χ0v) is 17.1. The van der Waals surface area contributed by atoms with Crippen molar-refractivity contribution in [1.29, 1.82) is 0 Å². The van der Waals surface area contributed by atoms with E-state index in [-0.39, 0.29) is 12.4 Å². The molecule has 0 unspecified atom stereocenters. The first-order chi connectivity index (χ1) is 14.4. The van der Waals surface area contributed by atoms with Crippen LogP contribution in [0.2, 0.25) is 0 Å². The Balaban J connectivity index is 1.89. The Kier molecular flexibility index (Phi) is 7.13. The van der Waals surface area contributed by atoms with E-state index in [1.807, 2.05) is 19.1 Å². The van der Waals surface area contributed by atoms with E-state index in [1.165, 1.54) is 5.56 Å². The van der Waals surface area contributed by atoms with Crippen molar-refractivity contribution in [3.8, 4) is 18.2 Å². The highest BCUT2D eigenvalue weighted by Crippen LogP contribution is 2.29. The summed E-state index contributed by atoms with van der Waals surface area (Å²) in [4.78, 5) is 0. The summed E-state index contributed by atoms with van der Waals surface area (Å²) in [6, 6.07) is 8.20. The Morgan fingerprint density at radius 2 is 1.80 bits per heavy atom. The van der Waals surface area contributed by atoms with Crippen molar-refractivity contribution >= 4 is 0 Å². The number of aliphatic hydroxyl groups excluding tert-OH is 4. The fourth-order valence-corrected chi connectivity index (χ4v) is 3.47. The van der Waals surface area contributed by atoms with Crippen LogP contribution in [0, 0.1) is 19.3 Å². The minimum atomic E-state index is -1.53. The van der Waals surface area contributed by atoms with Crippen LogP contribution in [0.1, 0.15) is 29.3 Å². The van der Waals surface area contributed by atoms with E-state index in [9.17, 15) is 20.4 Å². The van der Waals surface area contributed by atoms with Gasteiger partial charge in [0.25, 0.3) is 0 Å². The van der Waals surface area contributed by atoms with Gasteiger partial charge >= 0.3 is 0 Å². The Labute approximate surface area is 175 Å². The fourth-order valence-electron chi connectivity index (χ4n) is 3.47. The number of aromatic nitrogens is 2. The number of hydrogen-bond donors (Lipinski definition) is 4. The minimum Gasteiger partial charge on any atom is -0.443 e. The van der Waals surface area contributed by atoms with Gasteiger partial charge in [-0.1, -0.05) is 37.1 Å². The van der Waals surface area contributed by atoms with Gasteiger partial charge in [0.15, 0.2) is 0 Å². The SMILES string of the molecule is C#CCn1nc(O[C@@H]2O[C@H](CO)[C@@H](O)[C@H](O)[C@H]2O)c(Cc2ccc(CC)cc2)c1C. The lowest BCUT2D eigenvalue weighted by Gasteiger charge is -2.39. The third-order valence-electron chi connectivity index (χ3n) is 5.42. The van der Waals surface area contributed by atoms with Crippen LogP contribution in [0.5, 0.6) is 5.88 Å². The Hall–Kier alpha value is -2.41. The summed E-state index contributed by atoms with van der Waals surface area (Å²) in [6.45, 7) is 3.67. The van der Waals surface area contributed by atoms with Crippen LogP contribution in [0.15, 0.2) is 24.3 Å². The maximum absolute atomic E-state index is 10.3.